The van der Waals surface area contributed by atoms with Gasteiger partial charge in [0.25, 0.3) is 0 Å². The monoisotopic (exact) mass is 930 g/mol. The fourth-order valence-electron chi connectivity index (χ4n) is 9.16. The van der Waals surface area contributed by atoms with Gasteiger partial charge in [-0.2, -0.15) is 0 Å². The van der Waals surface area contributed by atoms with Crippen LogP contribution in [0.4, 0.5) is 0 Å². The van der Waals surface area contributed by atoms with Crippen LogP contribution in [0.25, 0.3) is 0 Å². The number of amides is 1. The molecule has 0 saturated carbocycles. The van der Waals surface area contributed by atoms with Crippen molar-refractivity contribution in [2.24, 2.45) is 0 Å². The first-order valence-corrected chi connectivity index (χ1v) is 29.6. The molecule has 2 unspecified atom stereocenters. The fourth-order valence-corrected chi connectivity index (χ4v) is 9.16. The van der Waals surface area contributed by atoms with Crippen LogP contribution in [0.3, 0.4) is 0 Å². The molecule has 6 heteroatoms. The fraction of sp³-hybridized carbons (Fsp3) is 0.900. The number of hydrogen-bond donors (Lipinski definition) is 3. The number of nitrogens with one attached hydrogen (secondary N) is 1. The van der Waals surface area contributed by atoms with Gasteiger partial charge in [-0.1, -0.05) is 256 Å². The van der Waals surface area contributed by atoms with Crippen molar-refractivity contribution in [3.8, 4) is 0 Å². The summed E-state index contributed by atoms with van der Waals surface area (Å²) in [5.74, 6) is -0.0444. The highest BCUT2D eigenvalue weighted by molar-refractivity contribution is 5.76. The van der Waals surface area contributed by atoms with Crippen molar-refractivity contribution in [1.29, 1.82) is 0 Å². The summed E-state index contributed by atoms with van der Waals surface area (Å²) in [6, 6.07) is -0.547. The minimum Gasteiger partial charge on any atom is -0.466 e. The zero-order valence-corrected chi connectivity index (χ0v) is 44.4. The standard InChI is InChI=1S/C60H115NO5/c1-3-5-7-9-11-13-15-17-25-28-32-36-40-44-48-52-58(63)57(56-62)61-59(64)53-49-45-41-37-33-29-26-23-21-19-20-22-24-27-31-35-39-43-47-51-55-66-60(65)54-50-46-42-38-34-30-18-16-14-12-10-8-6-4-2/h16,18-19,21,57-58,62-63H,3-15,17,20,22-56H2,1-2H3,(H,61,64)/b18-16-,21-19-. The maximum atomic E-state index is 12.5. The molecule has 0 spiro atoms. The molecule has 0 aromatic rings. The lowest BCUT2D eigenvalue weighted by molar-refractivity contribution is -0.143. The van der Waals surface area contributed by atoms with Crippen molar-refractivity contribution in [2.45, 2.75) is 334 Å². The Labute approximate surface area is 411 Å². The van der Waals surface area contributed by atoms with Gasteiger partial charge in [-0.25, -0.2) is 0 Å². The van der Waals surface area contributed by atoms with Crippen molar-refractivity contribution in [1.82, 2.24) is 5.32 Å². The topological polar surface area (TPSA) is 95.9 Å². The molecule has 66 heavy (non-hydrogen) atoms. The summed E-state index contributed by atoms with van der Waals surface area (Å²) in [6.45, 7) is 4.94. The summed E-state index contributed by atoms with van der Waals surface area (Å²) in [6.07, 6.45) is 67.4. The average molecular weight is 931 g/mol. The number of hydrogen-bond acceptors (Lipinski definition) is 5. The average Bonchev–Trinajstić information content (AvgIpc) is 3.32. The quantitative estimate of drug-likeness (QED) is 0.0321. The number of aliphatic hydroxyl groups excluding tert-OH is 2. The summed E-state index contributed by atoms with van der Waals surface area (Å²) in [5.41, 5.74) is 0. The number of rotatable bonds is 55. The van der Waals surface area contributed by atoms with Crippen LogP contribution in [0.15, 0.2) is 24.3 Å². The highest BCUT2D eigenvalue weighted by Crippen LogP contribution is 2.17. The van der Waals surface area contributed by atoms with Crippen LogP contribution >= 0.6 is 0 Å². The maximum Gasteiger partial charge on any atom is 0.305 e. The number of unbranched alkanes of at least 4 members (excludes halogenated alkanes) is 40. The van der Waals surface area contributed by atoms with Gasteiger partial charge in [0, 0.05) is 12.8 Å². The lowest BCUT2D eigenvalue weighted by Gasteiger charge is -2.22. The summed E-state index contributed by atoms with van der Waals surface area (Å²) >= 11 is 0. The first-order chi connectivity index (χ1) is 32.5. The zero-order chi connectivity index (χ0) is 47.9. The Hall–Kier alpha value is -1.66. The summed E-state index contributed by atoms with van der Waals surface area (Å²) in [7, 11) is 0. The molecule has 0 saturated heterocycles. The summed E-state index contributed by atoms with van der Waals surface area (Å²) < 4.78 is 5.47. The van der Waals surface area contributed by atoms with Gasteiger partial charge in [0.05, 0.1) is 25.4 Å². The molecule has 6 nitrogen and oxygen atoms in total. The number of esters is 1. The smallest absolute Gasteiger partial charge is 0.305 e. The van der Waals surface area contributed by atoms with Gasteiger partial charge in [0.2, 0.25) is 5.91 Å². The van der Waals surface area contributed by atoms with E-state index in [1.807, 2.05) is 0 Å². The largest absolute Gasteiger partial charge is 0.466 e. The predicted octanol–water partition coefficient (Wildman–Crippen LogP) is 18.2. The SMILES string of the molecule is CCCCCCC/C=C\CCCCCCCC(=O)OCCCCCCCCCCC/C=C\CCCCCCCCCC(=O)NC(CO)C(O)CCCCCCCCCCCCCCCCC. The summed E-state index contributed by atoms with van der Waals surface area (Å²) in [5, 5.41) is 23.3. The minimum atomic E-state index is -0.669. The van der Waals surface area contributed by atoms with Crippen molar-refractivity contribution in [3.05, 3.63) is 24.3 Å². The van der Waals surface area contributed by atoms with Crippen LogP contribution in [0.1, 0.15) is 322 Å². The highest BCUT2D eigenvalue weighted by Gasteiger charge is 2.20. The molecule has 0 aromatic heterocycles. The van der Waals surface area contributed by atoms with Crippen molar-refractivity contribution < 1.29 is 24.5 Å². The molecule has 0 heterocycles. The maximum absolute atomic E-state index is 12.5. The van der Waals surface area contributed by atoms with E-state index in [9.17, 15) is 19.8 Å². The molecule has 3 N–H and O–H groups in total. The van der Waals surface area contributed by atoms with Gasteiger partial charge in [-0.05, 0) is 77.0 Å². The van der Waals surface area contributed by atoms with E-state index in [0.717, 1.165) is 44.9 Å². The third-order valence-electron chi connectivity index (χ3n) is 13.7. The molecular weight excluding hydrogens is 815 g/mol. The van der Waals surface area contributed by atoms with E-state index < -0.39 is 12.1 Å². The van der Waals surface area contributed by atoms with E-state index in [0.29, 0.717) is 25.9 Å². The Morgan fingerprint density at radius 1 is 0.409 bits per heavy atom. The highest BCUT2D eigenvalue weighted by atomic mass is 16.5. The first-order valence-electron chi connectivity index (χ1n) is 29.6. The van der Waals surface area contributed by atoms with E-state index in [-0.39, 0.29) is 18.5 Å². The number of ether oxygens (including phenoxy) is 1. The van der Waals surface area contributed by atoms with E-state index >= 15 is 0 Å². The zero-order valence-electron chi connectivity index (χ0n) is 44.4. The summed E-state index contributed by atoms with van der Waals surface area (Å²) in [4.78, 5) is 24.5. The van der Waals surface area contributed by atoms with Gasteiger partial charge < -0.3 is 20.3 Å². The van der Waals surface area contributed by atoms with Gasteiger partial charge >= 0.3 is 5.97 Å². The van der Waals surface area contributed by atoms with Crippen LogP contribution in [0.2, 0.25) is 0 Å². The normalized spacial score (nSPS) is 12.7. The molecule has 0 rings (SSSR count). The minimum absolute atomic E-state index is 0.00208. The molecule has 0 bridgehead atoms. The molecule has 0 aliphatic carbocycles. The van der Waals surface area contributed by atoms with Crippen LogP contribution in [0, 0.1) is 0 Å². The number of carbonyl (C=O) groups is 2. The van der Waals surface area contributed by atoms with E-state index in [4.69, 9.17) is 4.74 Å². The molecule has 0 aromatic carbocycles. The van der Waals surface area contributed by atoms with Crippen LogP contribution in [-0.2, 0) is 14.3 Å². The van der Waals surface area contributed by atoms with Gasteiger partial charge in [0.1, 0.15) is 0 Å². The van der Waals surface area contributed by atoms with Gasteiger partial charge in [0.15, 0.2) is 0 Å². The third-order valence-corrected chi connectivity index (χ3v) is 13.7. The van der Waals surface area contributed by atoms with E-state index in [1.165, 1.54) is 244 Å². The van der Waals surface area contributed by atoms with Crippen LogP contribution < -0.4 is 5.32 Å². The Morgan fingerprint density at radius 3 is 1.08 bits per heavy atom. The molecule has 1 amide bonds. The molecule has 0 aliphatic rings. The van der Waals surface area contributed by atoms with Crippen molar-refractivity contribution in [3.63, 3.8) is 0 Å². The third kappa shape index (κ3) is 51.7. The van der Waals surface area contributed by atoms with Crippen molar-refractivity contribution in [2.75, 3.05) is 13.2 Å². The van der Waals surface area contributed by atoms with Gasteiger partial charge in [-0.3, -0.25) is 9.59 Å². The Kier molecular flexibility index (Phi) is 54.5. The molecule has 390 valence electrons. The second-order valence-corrected chi connectivity index (χ2v) is 20.3. The Bertz CT molecular complexity index is 1030. The van der Waals surface area contributed by atoms with Crippen molar-refractivity contribution >= 4 is 11.9 Å². The number of aliphatic hydroxyl groups is 2. The van der Waals surface area contributed by atoms with Crippen LogP contribution in [0.5, 0.6) is 0 Å². The lowest BCUT2D eigenvalue weighted by Crippen LogP contribution is -2.45. The van der Waals surface area contributed by atoms with Gasteiger partial charge in [-0.15, -0.1) is 0 Å². The molecular formula is C60H115NO5. The first kappa shape index (κ1) is 64.3. The van der Waals surface area contributed by atoms with Crippen LogP contribution in [-0.4, -0.2) is 47.4 Å². The lowest BCUT2D eigenvalue weighted by atomic mass is 10.0. The number of allylic oxidation sites excluding steroid dienone is 4. The second kappa shape index (κ2) is 55.9. The second-order valence-electron chi connectivity index (χ2n) is 20.3. The van der Waals surface area contributed by atoms with E-state index in [2.05, 4.69) is 43.5 Å². The molecule has 2 atom stereocenters. The molecule has 0 fully saturated rings. The Balaban J connectivity index is 3.43. The van der Waals surface area contributed by atoms with E-state index in [1.54, 1.807) is 0 Å². The molecule has 0 radical (unpaired) electrons. The number of carbonyl (C=O) groups excluding carboxylic acids is 2. The predicted molar refractivity (Wildman–Crippen MR) is 287 cm³/mol. The Morgan fingerprint density at radius 2 is 0.712 bits per heavy atom. The molecule has 0 aliphatic heterocycles.